The summed E-state index contributed by atoms with van der Waals surface area (Å²) in [5, 5.41) is 9.62. The number of carbonyl (C=O) groups excluding carboxylic acids is 1. The first-order chi connectivity index (χ1) is 12.3. The molecule has 1 N–H and O–H groups in total. The number of anilines is 1. The zero-order valence-electron chi connectivity index (χ0n) is 15.1. The van der Waals surface area contributed by atoms with Crippen LogP contribution in [0.2, 0.25) is 0 Å². The third kappa shape index (κ3) is 2.84. The number of rotatable bonds is 2. The Morgan fingerprint density at radius 3 is 2.62 bits per heavy atom. The average Bonchev–Trinajstić information content (AvgIpc) is 3.11. The smallest absolute Gasteiger partial charge is 0.257 e. The van der Waals surface area contributed by atoms with E-state index in [1.165, 1.54) is 0 Å². The predicted molar refractivity (Wildman–Crippen MR) is 105 cm³/mol. The highest BCUT2D eigenvalue weighted by Crippen LogP contribution is 2.33. The summed E-state index contributed by atoms with van der Waals surface area (Å²) in [6.07, 6.45) is 0. The number of benzene rings is 2. The van der Waals surface area contributed by atoms with Crippen LogP contribution in [0, 0.1) is 0 Å². The van der Waals surface area contributed by atoms with Gasteiger partial charge in [0.25, 0.3) is 5.91 Å². The van der Waals surface area contributed by atoms with Crippen LogP contribution in [0.5, 0.6) is 0 Å². The summed E-state index contributed by atoms with van der Waals surface area (Å²) in [5.74, 6) is 1.38. The minimum absolute atomic E-state index is 0.173. The van der Waals surface area contributed by atoms with E-state index >= 15 is 0 Å². The normalized spacial score (nSPS) is 16.7. The average molecular weight is 367 g/mol. The van der Waals surface area contributed by atoms with E-state index in [2.05, 4.69) is 10.4 Å². The van der Waals surface area contributed by atoms with Crippen LogP contribution >= 0.6 is 0 Å². The van der Waals surface area contributed by atoms with Crippen LogP contribution in [0.1, 0.15) is 42.4 Å². The van der Waals surface area contributed by atoms with Crippen molar-refractivity contribution < 1.29 is 9.00 Å². The molecule has 4 rings (SSSR count). The van der Waals surface area contributed by atoms with Crippen LogP contribution in [-0.2, 0) is 27.8 Å². The maximum atomic E-state index is 13.1. The van der Waals surface area contributed by atoms with Gasteiger partial charge in [-0.25, -0.2) is 4.68 Å². The van der Waals surface area contributed by atoms with E-state index in [0.29, 0.717) is 22.9 Å². The molecule has 1 aromatic heterocycles. The van der Waals surface area contributed by atoms with Crippen molar-refractivity contribution in [3.8, 4) is 0 Å². The Hall–Kier alpha value is -2.47. The third-order valence-electron chi connectivity index (χ3n) is 4.57. The van der Waals surface area contributed by atoms with Crippen LogP contribution in [0.3, 0.4) is 0 Å². The van der Waals surface area contributed by atoms with Crippen molar-refractivity contribution in [1.29, 1.82) is 0 Å². The molecule has 0 bridgehead atoms. The van der Waals surface area contributed by atoms with Crippen molar-refractivity contribution in [2.75, 3.05) is 5.32 Å². The molecule has 0 unspecified atom stereocenters. The second kappa shape index (κ2) is 6.06. The molecule has 0 aliphatic carbocycles. The van der Waals surface area contributed by atoms with Crippen molar-refractivity contribution in [2.45, 2.75) is 37.8 Å². The summed E-state index contributed by atoms with van der Waals surface area (Å²) in [7, 11) is -0.942. The molecule has 0 radical (unpaired) electrons. The van der Waals surface area contributed by atoms with Crippen LogP contribution in [-0.4, -0.2) is 19.9 Å². The van der Waals surface area contributed by atoms with Crippen molar-refractivity contribution in [2.24, 2.45) is 0 Å². The summed E-state index contributed by atoms with van der Waals surface area (Å²) in [6.45, 7) is 6.12. The summed E-state index contributed by atoms with van der Waals surface area (Å²) in [6, 6.07) is 13.5. The Balaban J connectivity index is 1.78. The minimum atomic E-state index is -0.942. The number of carbonyl (C=O) groups is 1. The molecular weight excluding hydrogens is 346 g/mol. The molecule has 134 valence electrons. The van der Waals surface area contributed by atoms with E-state index in [0.717, 1.165) is 22.0 Å². The summed E-state index contributed by atoms with van der Waals surface area (Å²) >= 11 is 0. The Morgan fingerprint density at radius 1 is 1.12 bits per heavy atom. The van der Waals surface area contributed by atoms with E-state index in [4.69, 9.17) is 0 Å². The van der Waals surface area contributed by atoms with E-state index in [1.807, 2.05) is 67.9 Å². The zero-order valence-corrected chi connectivity index (χ0v) is 15.9. The lowest BCUT2D eigenvalue weighted by Gasteiger charge is -2.23. The molecule has 1 amide bonds. The first kappa shape index (κ1) is 17.0. The molecule has 2 heterocycles. The van der Waals surface area contributed by atoms with Crippen molar-refractivity contribution in [1.82, 2.24) is 9.78 Å². The van der Waals surface area contributed by atoms with Gasteiger partial charge in [0.2, 0.25) is 0 Å². The van der Waals surface area contributed by atoms with Gasteiger partial charge in [-0.15, -0.1) is 0 Å². The van der Waals surface area contributed by atoms with E-state index in [9.17, 15) is 9.00 Å². The SMILES string of the molecule is CC(C)(C)n1nc2c(c1NC(=O)c1cccc3ccccc13)C[S@](=O)C2. The van der Waals surface area contributed by atoms with Gasteiger partial charge in [0, 0.05) is 21.9 Å². The third-order valence-corrected chi connectivity index (χ3v) is 5.78. The van der Waals surface area contributed by atoms with Gasteiger partial charge in [-0.3, -0.25) is 9.00 Å². The predicted octanol–water partition coefficient (Wildman–Crippen LogP) is 3.81. The highest BCUT2D eigenvalue weighted by Gasteiger charge is 2.31. The van der Waals surface area contributed by atoms with E-state index in [-0.39, 0.29) is 11.4 Å². The minimum Gasteiger partial charge on any atom is -0.306 e. The molecule has 0 saturated carbocycles. The quantitative estimate of drug-likeness (QED) is 0.749. The zero-order chi connectivity index (χ0) is 18.5. The van der Waals surface area contributed by atoms with Crippen molar-refractivity contribution in [3.63, 3.8) is 0 Å². The Morgan fingerprint density at radius 2 is 1.85 bits per heavy atom. The van der Waals surface area contributed by atoms with Gasteiger partial charge in [0.15, 0.2) is 0 Å². The maximum Gasteiger partial charge on any atom is 0.257 e. The number of hydrogen-bond acceptors (Lipinski definition) is 3. The van der Waals surface area contributed by atoms with Gasteiger partial charge >= 0.3 is 0 Å². The molecule has 1 aliphatic rings. The number of hydrogen-bond donors (Lipinski definition) is 1. The fourth-order valence-corrected chi connectivity index (χ4v) is 4.60. The van der Waals surface area contributed by atoms with E-state index < -0.39 is 10.8 Å². The summed E-state index contributed by atoms with van der Waals surface area (Å²) in [4.78, 5) is 13.1. The number of nitrogens with zero attached hydrogens (tertiary/aromatic N) is 2. The summed E-state index contributed by atoms with van der Waals surface area (Å²) in [5.41, 5.74) is 2.06. The Kier molecular flexibility index (Phi) is 3.95. The lowest BCUT2D eigenvalue weighted by molar-refractivity contribution is 0.102. The molecular formula is C20H21N3O2S. The topological polar surface area (TPSA) is 64.0 Å². The largest absolute Gasteiger partial charge is 0.306 e. The molecule has 0 spiro atoms. The van der Waals surface area contributed by atoms with Crippen LogP contribution in [0.25, 0.3) is 10.8 Å². The first-order valence-corrected chi connectivity index (χ1v) is 10.1. The second-order valence-electron chi connectivity index (χ2n) is 7.57. The Labute approximate surface area is 154 Å². The van der Waals surface area contributed by atoms with Gasteiger partial charge in [-0.05, 0) is 37.6 Å². The number of amides is 1. The first-order valence-electron chi connectivity index (χ1n) is 8.60. The molecule has 0 saturated heterocycles. The monoisotopic (exact) mass is 367 g/mol. The van der Waals surface area contributed by atoms with Crippen LogP contribution < -0.4 is 5.32 Å². The lowest BCUT2D eigenvalue weighted by atomic mass is 10.0. The van der Waals surface area contributed by atoms with Gasteiger partial charge in [0.05, 0.1) is 22.7 Å². The molecule has 6 heteroatoms. The van der Waals surface area contributed by atoms with Gasteiger partial charge in [-0.1, -0.05) is 36.4 Å². The van der Waals surface area contributed by atoms with Crippen molar-refractivity contribution >= 4 is 33.3 Å². The van der Waals surface area contributed by atoms with Gasteiger partial charge in [0.1, 0.15) is 5.82 Å². The fourth-order valence-electron chi connectivity index (χ4n) is 3.34. The molecule has 3 aromatic rings. The molecule has 5 nitrogen and oxygen atoms in total. The molecule has 1 aliphatic heterocycles. The van der Waals surface area contributed by atoms with Gasteiger partial charge < -0.3 is 5.32 Å². The fraction of sp³-hybridized carbons (Fsp3) is 0.300. The molecule has 2 aromatic carbocycles. The number of fused-ring (bicyclic) bond motifs is 2. The second-order valence-corrected chi connectivity index (χ2v) is 9.02. The Bertz CT molecular complexity index is 1040. The van der Waals surface area contributed by atoms with Gasteiger partial charge in [-0.2, -0.15) is 5.10 Å². The molecule has 1 atom stereocenters. The number of aromatic nitrogens is 2. The van der Waals surface area contributed by atoms with Crippen LogP contribution in [0.15, 0.2) is 42.5 Å². The standard InChI is InChI=1S/C20H21N3O2S/c1-20(2,3)23-18(16-11-26(25)12-17(16)22-23)21-19(24)15-10-6-8-13-7-4-5-9-14(13)15/h4-10H,11-12H2,1-3H3,(H,21,24)/t26-/m0/s1. The highest BCUT2D eigenvalue weighted by molar-refractivity contribution is 7.83. The summed E-state index contributed by atoms with van der Waals surface area (Å²) < 4.78 is 13.8. The van der Waals surface area contributed by atoms with Crippen LogP contribution in [0.4, 0.5) is 5.82 Å². The molecule has 0 fully saturated rings. The highest BCUT2D eigenvalue weighted by atomic mass is 32.2. The lowest BCUT2D eigenvalue weighted by Crippen LogP contribution is -2.27. The maximum absolute atomic E-state index is 13.1. The number of nitrogens with one attached hydrogen (secondary N) is 1. The molecule has 26 heavy (non-hydrogen) atoms. The van der Waals surface area contributed by atoms with Crippen molar-refractivity contribution in [3.05, 3.63) is 59.3 Å². The van der Waals surface area contributed by atoms with E-state index in [1.54, 1.807) is 0 Å².